The third-order valence-electron chi connectivity index (χ3n) is 5.55. The molecule has 0 radical (unpaired) electrons. The summed E-state index contributed by atoms with van der Waals surface area (Å²) in [6, 6.07) is 12.0. The molecule has 5 heteroatoms. The summed E-state index contributed by atoms with van der Waals surface area (Å²) < 4.78 is 5.60. The monoisotopic (exact) mass is 356 g/mol. The molecule has 0 unspecified atom stereocenters. The fourth-order valence-electron chi connectivity index (χ4n) is 4.23. The number of amides is 1. The molecule has 0 saturated carbocycles. The van der Waals surface area contributed by atoms with Gasteiger partial charge in [0.15, 0.2) is 0 Å². The highest BCUT2D eigenvalue weighted by Crippen LogP contribution is 2.45. The average Bonchev–Trinajstić information content (AvgIpc) is 3.25. The van der Waals surface area contributed by atoms with E-state index in [2.05, 4.69) is 27.0 Å². The van der Waals surface area contributed by atoms with Gasteiger partial charge in [0, 0.05) is 44.0 Å². The lowest BCUT2D eigenvalue weighted by Gasteiger charge is -2.37. The van der Waals surface area contributed by atoms with Crippen molar-refractivity contribution in [2.75, 3.05) is 31.6 Å². The van der Waals surface area contributed by atoms with Gasteiger partial charge in [-0.25, -0.2) is 0 Å². The van der Waals surface area contributed by atoms with Gasteiger partial charge >= 0.3 is 0 Å². The molecule has 25 heavy (non-hydrogen) atoms. The first-order valence-corrected chi connectivity index (χ1v) is 9.87. The number of ether oxygens (including phenoxy) is 1. The smallest absolute Gasteiger partial charge is 0.229 e. The molecule has 4 rings (SSSR count). The Labute approximate surface area is 152 Å². The third-order valence-corrected chi connectivity index (χ3v) is 6.28. The van der Waals surface area contributed by atoms with Gasteiger partial charge in [-0.05, 0) is 47.4 Å². The van der Waals surface area contributed by atoms with Crippen molar-refractivity contribution >= 4 is 22.9 Å². The zero-order valence-electron chi connectivity index (χ0n) is 14.3. The summed E-state index contributed by atoms with van der Waals surface area (Å²) in [6.45, 7) is 4.28. The van der Waals surface area contributed by atoms with E-state index in [4.69, 9.17) is 4.74 Å². The first-order valence-electron chi connectivity index (χ1n) is 8.92. The van der Waals surface area contributed by atoms with E-state index < -0.39 is 0 Å². The van der Waals surface area contributed by atoms with Crippen LogP contribution in [0.25, 0.3) is 0 Å². The van der Waals surface area contributed by atoms with Crippen LogP contribution in [0.2, 0.25) is 0 Å². The Balaban J connectivity index is 1.51. The van der Waals surface area contributed by atoms with E-state index >= 15 is 0 Å². The van der Waals surface area contributed by atoms with Gasteiger partial charge in [0.05, 0.1) is 5.92 Å². The van der Waals surface area contributed by atoms with Crippen molar-refractivity contribution in [3.8, 4) is 0 Å². The predicted molar refractivity (Wildman–Crippen MR) is 101 cm³/mol. The normalized spacial score (nSPS) is 23.0. The number of nitrogens with one attached hydrogen (secondary N) is 1. The minimum Gasteiger partial charge on any atom is -0.381 e. The van der Waals surface area contributed by atoms with Crippen molar-refractivity contribution in [3.63, 3.8) is 0 Å². The molecule has 1 N–H and O–H groups in total. The summed E-state index contributed by atoms with van der Waals surface area (Å²) in [5.74, 6) is 0.177. The Bertz CT molecular complexity index is 696. The first kappa shape index (κ1) is 16.8. The van der Waals surface area contributed by atoms with E-state index in [0.717, 1.165) is 51.4 Å². The maximum absolute atomic E-state index is 13.1. The van der Waals surface area contributed by atoms with Gasteiger partial charge in [-0.3, -0.25) is 9.69 Å². The van der Waals surface area contributed by atoms with Gasteiger partial charge in [0.25, 0.3) is 0 Å². The molecule has 1 spiro atoms. The van der Waals surface area contributed by atoms with Crippen LogP contribution in [0.1, 0.15) is 18.4 Å². The van der Waals surface area contributed by atoms with Crippen molar-refractivity contribution in [1.82, 2.24) is 4.90 Å². The Kier molecular flexibility index (Phi) is 4.88. The number of benzene rings is 1. The van der Waals surface area contributed by atoms with E-state index in [-0.39, 0.29) is 17.2 Å². The van der Waals surface area contributed by atoms with Gasteiger partial charge in [-0.15, -0.1) is 0 Å². The fraction of sp³-hybridized carbons (Fsp3) is 0.450. The van der Waals surface area contributed by atoms with Crippen LogP contribution in [0.15, 0.2) is 47.2 Å². The lowest BCUT2D eigenvalue weighted by molar-refractivity contribution is -0.124. The van der Waals surface area contributed by atoms with Gasteiger partial charge in [0.1, 0.15) is 0 Å². The van der Waals surface area contributed by atoms with Crippen LogP contribution in [0.3, 0.4) is 0 Å². The molecule has 1 aromatic carbocycles. The highest BCUT2D eigenvalue weighted by molar-refractivity contribution is 7.07. The SMILES string of the molecule is O=C(Nc1ccccc1)[C@@H]1CN(Cc2ccsc2)CC12CCOCC2. The molecule has 0 bridgehead atoms. The van der Waals surface area contributed by atoms with Crippen molar-refractivity contribution in [2.24, 2.45) is 11.3 Å². The molecule has 2 aliphatic rings. The summed E-state index contributed by atoms with van der Waals surface area (Å²) in [5, 5.41) is 7.45. The molecular formula is C20H24N2O2S. The van der Waals surface area contributed by atoms with Crippen LogP contribution in [0.5, 0.6) is 0 Å². The number of carbonyl (C=O) groups is 1. The molecule has 2 aliphatic heterocycles. The van der Waals surface area contributed by atoms with E-state index in [1.807, 2.05) is 30.3 Å². The summed E-state index contributed by atoms with van der Waals surface area (Å²) in [6.07, 6.45) is 1.94. The Morgan fingerprint density at radius 1 is 1.24 bits per heavy atom. The topological polar surface area (TPSA) is 41.6 Å². The van der Waals surface area contributed by atoms with E-state index in [1.54, 1.807) is 11.3 Å². The Hall–Kier alpha value is -1.69. The highest BCUT2D eigenvalue weighted by Gasteiger charge is 2.50. The lowest BCUT2D eigenvalue weighted by Crippen LogP contribution is -2.42. The molecule has 2 aromatic rings. The zero-order valence-corrected chi connectivity index (χ0v) is 15.1. The molecular weight excluding hydrogens is 332 g/mol. The van der Waals surface area contributed by atoms with E-state index in [0.29, 0.717) is 0 Å². The number of para-hydroxylation sites is 1. The van der Waals surface area contributed by atoms with Crippen molar-refractivity contribution in [3.05, 3.63) is 52.7 Å². The maximum Gasteiger partial charge on any atom is 0.229 e. The van der Waals surface area contributed by atoms with Gasteiger partial charge in [0.2, 0.25) is 5.91 Å². The van der Waals surface area contributed by atoms with E-state index in [9.17, 15) is 4.79 Å². The molecule has 1 atom stereocenters. The lowest BCUT2D eigenvalue weighted by atomic mass is 9.71. The molecule has 1 amide bonds. The number of anilines is 1. The molecule has 0 aliphatic carbocycles. The summed E-state index contributed by atoms with van der Waals surface area (Å²) in [7, 11) is 0. The number of nitrogens with zero attached hydrogens (tertiary/aromatic N) is 1. The molecule has 4 nitrogen and oxygen atoms in total. The molecule has 132 valence electrons. The number of hydrogen-bond donors (Lipinski definition) is 1. The number of likely N-dealkylation sites (tertiary alicyclic amines) is 1. The summed E-state index contributed by atoms with van der Waals surface area (Å²) in [5.41, 5.74) is 2.27. The minimum atomic E-state index is 0.0234. The second-order valence-corrected chi connectivity index (χ2v) is 7.96. The van der Waals surface area contributed by atoms with Crippen molar-refractivity contribution in [1.29, 1.82) is 0 Å². The number of hydrogen-bond acceptors (Lipinski definition) is 4. The summed E-state index contributed by atoms with van der Waals surface area (Å²) >= 11 is 1.73. The zero-order chi connectivity index (χ0) is 17.1. The Morgan fingerprint density at radius 2 is 2.04 bits per heavy atom. The predicted octanol–water partition coefficient (Wildman–Crippen LogP) is 3.62. The van der Waals surface area contributed by atoms with E-state index in [1.165, 1.54) is 5.56 Å². The van der Waals surface area contributed by atoms with Gasteiger partial charge in [-0.2, -0.15) is 11.3 Å². The Morgan fingerprint density at radius 3 is 2.76 bits per heavy atom. The van der Waals surface area contributed by atoms with Gasteiger partial charge < -0.3 is 10.1 Å². The van der Waals surface area contributed by atoms with Crippen LogP contribution in [0.4, 0.5) is 5.69 Å². The second-order valence-electron chi connectivity index (χ2n) is 7.18. The van der Waals surface area contributed by atoms with Crippen LogP contribution < -0.4 is 5.32 Å². The molecule has 2 saturated heterocycles. The quantitative estimate of drug-likeness (QED) is 0.910. The van der Waals surface area contributed by atoms with Gasteiger partial charge in [-0.1, -0.05) is 18.2 Å². The van der Waals surface area contributed by atoms with Crippen molar-refractivity contribution in [2.45, 2.75) is 19.4 Å². The van der Waals surface area contributed by atoms with Crippen LogP contribution in [0, 0.1) is 11.3 Å². The number of rotatable bonds is 4. The molecule has 1 aromatic heterocycles. The van der Waals surface area contributed by atoms with Crippen molar-refractivity contribution < 1.29 is 9.53 Å². The second kappa shape index (κ2) is 7.28. The maximum atomic E-state index is 13.1. The third kappa shape index (κ3) is 3.64. The minimum absolute atomic E-state index is 0.0234. The molecule has 2 fully saturated rings. The number of carbonyl (C=O) groups excluding carboxylic acids is 1. The number of thiophene rings is 1. The van der Waals surface area contributed by atoms with Crippen LogP contribution in [-0.4, -0.2) is 37.1 Å². The van der Waals surface area contributed by atoms with Crippen LogP contribution >= 0.6 is 11.3 Å². The largest absolute Gasteiger partial charge is 0.381 e. The highest BCUT2D eigenvalue weighted by atomic mass is 32.1. The van der Waals surface area contributed by atoms with Crippen LogP contribution in [-0.2, 0) is 16.1 Å². The fourth-order valence-corrected chi connectivity index (χ4v) is 4.89. The standard InChI is InChI=1S/C20H24N2O2S/c23-19(21-17-4-2-1-3-5-17)18-13-22(12-16-6-11-25-14-16)15-20(18)7-9-24-10-8-20/h1-6,11,14,18H,7-10,12-13,15H2,(H,21,23)/t18-/m0/s1. The molecule has 3 heterocycles. The average molecular weight is 356 g/mol. The first-order chi connectivity index (χ1) is 12.3. The summed E-state index contributed by atoms with van der Waals surface area (Å²) in [4.78, 5) is 15.5.